The van der Waals surface area contributed by atoms with Crippen molar-refractivity contribution in [2.24, 2.45) is 0 Å². The molecule has 0 bridgehead atoms. The van der Waals surface area contributed by atoms with E-state index in [-0.39, 0.29) is 18.0 Å². The molecule has 3 rings (SSSR count). The smallest absolute Gasteiger partial charge is 0.483 e. The molecule has 1 aromatic carbocycles. The summed E-state index contributed by atoms with van der Waals surface area (Å²) in [6.45, 7) is -0.250. The fourth-order valence-corrected chi connectivity index (χ4v) is 1.64. The Morgan fingerprint density at radius 2 is 1.88 bits per heavy atom. The molecule has 0 radical (unpaired) electrons. The number of carbonyl (C=O) groups is 1. The van der Waals surface area contributed by atoms with E-state index in [1.54, 1.807) is 12.1 Å². The summed E-state index contributed by atoms with van der Waals surface area (Å²) in [5, 5.41) is 6.89. The van der Waals surface area contributed by atoms with Gasteiger partial charge in [-0.3, -0.25) is 4.79 Å². The minimum atomic E-state index is -3.50. The Bertz CT molecular complexity index is 429. The molecule has 1 aromatic rings. The lowest BCUT2D eigenvalue weighted by Crippen LogP contribution is -2.25. The number of alkyl halides is 2. The first-order chi connectivity index (χ1) is 8.05. The molecule has 0 atom stereocenters. The third kappa shape index (κ3) is 2.64. The number of fused-ring (bicyclic) bond motifs is 1. The van der Waals surface area contributed by atoms with Crippen LogP contribution in [-0.2, 0) is 4.79 Å². The molecule has 1 N–H and O–H groups in total. The molecule has 0 unspecified atom stereocenters. The fourth-order valence-electron chi connectivity index (χ4n) is 1.64. The van der Waals surface area contributed by atoms with Crippen LogP contribution in [0.3, 0.4) is 0 Å². The third-order valence-electron chi connectivity index (χ3n) is 2.47. The minimum absolute atomic E-state index is 0.124. The number of ether oxygens (including phenoxy) is 2. The second kappa shape index (κ2) is 4.20. The molecule has 92 valence electrons. The van der Waals surface area contributed by atoms with Crippen LogP contribution < -0.4 is 9.47 Å². The van der Waals surface area contributed by atoms with Gasteiger partial charge in [-0.15, -0.1) is 8.78 Å². The van der Waals surface area contributed by atoms with Crippen LogP contribution in [0, 0.1) is 0 Å². The topological polar surface area (TPSA) is 55.8 Å². The largest absolute Gasteiger partial charge is 0.586 e. The standard InChI is InChI=1S/C10H8F2O2.CH2O2/c11-10(12)13-8-4-3-7(6-1-2-6)5-9(8)14-10;2-1-3/h3-6H,1-2H2;1H,(H,2,3). The molecule has 0 amide bonds. The highest BCUT2D eigenvalue weighted by Crippen LogP contribution is 2.46. The zero-order chi connectivity index (χ0) is 12.5. The second-order valence-corrected chi connectivity index (χ2v) is 3.75. The second-order valence-electron chi connectivity index (χ2n) is 3.75. The van der Waals surface area contributed by atoms with Gasteiger partial charge in [0.2, 0.25) is 0 Å². The summed E-state index contributed by atoms with van der Waals surface area (Å²) in [6.07, 6.45) is -1.23. The van der Waals surface area contributed by atoms with Gasteiger partial charge in [0.1, 0.15) is 0 Å². The van der Waals surface area contributed by atoms with E-state index in [0.29, 0.717) is 5.92 Å². The predicted molar refractivity (Wildman–Crippen MR) is 53.3 cm³/mol. The fraction of sp³-hybridized carbons (Fsp3) is 0.364. The summed E-state index contributed by atoms with van der Waals surface area (Å²) >= 11 is 0. The molecule has 0 saturated heterocycles. The van der Waals surface area contributed by atoms with Gasteiger partial charge >= 0.3 is 6.29 Å². The molecule has 2 aliphatic rings. The molecule has 1 fully saturated rings. The highest BCUT2D eigenvalue weighted by atomic mass is 19.3. The Morgan fingerprint density at radius 3 is 2.47 bits per heavy atom. The Hall–Kier alpha value is -1.85. The Labute approximate surface area is 95.8 Å². The number of hydrogen-bond donors (Lipinski definition) is 1. The predicted octanol–water partition coefficient (Wildman–Crippen LogP) is 2.59. The van der Waals surface area contributed by atoms with Gasteiger partial charge in [-0.1, -0.05) is 6.07 Å². The summed E-state index contributed by atoms with van der Waals surface area (Å²) < 4.78 is 33.9. The molecule has 1 saturated carbocycles. The molecule has 1 aliphatic heterocycles. The number of rotatable bonds is 1. The molecular formula is C11H10F2O4. The lowest BCUT2D eigenvalue weighted by molar-refractivity contribution is -0.286. The zero-order valence-corrected chi connectivity index (χ0v) is 8.73. The molecule has 0 aromatic heterocycles. The maximum atomic E-state index is 12.6. The van der Waals surface area contributed by atoms with Crippen LogP contribution in [0.1, 0.15) is 24.3 Å². The van der Waals surface area contributed by atoms with Gasteiger partial charge in [-0.25, -0.2) is 0 Å². The van der Waals surface area contributed by atoms with Gasteiger partial charge < -0.3 is 14.6 Å². The van der Waals surface area contributed by atoms with E-state index in [0.717, 1.165) is 18.4 Å². The van der Waals surface area contributed by atoms with Crippen LogP contribution in [0.5, 0.6) is 11.5 Å². The number of hydrogen-bond acceptors (Lipinski definition) is 3. The van der Waals surface area contributed by atoms with Crippen LogP contribution >= 0.6 is 0 Å². The van der Waals surface area contributed by atoms with Crippen molar-refractivity contribution in [2.45, 2.75) is 25.1 Å². The lowest BCUT2D eigenvalue weighted by atomic mass is 10.1. The van der Waals surface area contributed by atoms with E-state index in [4.69, 9.17) is 9.90 Å². The summed E-state index contributed by atoms with van der Waals surface area (Å²) in [6, 6.07) is 5.01. The third-order valence-corrected chi connectivity index (χ3v) is 2.47. The van der Waals surface area contributed by atoms with Crippen molar-refractivity contribution in [1.82, 2.24) is 0 Å². The maximum absolute atomic E-state index is 12.6. The van der Waals surface area contributed by atoms with E-state index in [2.05, 4.69) is 9.47 Å². The van der Waals surface area contributed by atoms with Crippen LogP contribution in [0.4, 0.5) is 8.78 Å². The molecule has 6 heteroatoms. The summed E-state index contributed by atoms with van der Waals surface area (Å²) in [4.78, 5) is 8.36. The number of halogens is 2. The van der Waals surface area contributed by atoms with Crippen molar-refractivity contribution in [3.05, 3.63) is 23.8 Å². The van der Waals surface area contributed by atoms with Gasteiger partial charge in [-0.05, 0) is 36.5 Å². The first kappa shape index (κ1) is 11.6. The first-order valence-corrected chi connectivity index (χ1v) is 5.03. The van der Waals surface area contributed by atoms with E-state index in [1.807, 2.05) is 6.07 Å². The highest BCUT2D eigenvalue weighted by Gasteiger charge is 2.43. The average Bonchev–Trinajstić information content (AvgIpc) is 3.01. The van der Waals surface area contributed by atoms with Crippen molar-refractivity contribution in [3.63, 3.8) is 0 Å². The number of carboxylic acid groups (broad SMARTS) is 1. The molecule has 1 aliphatic carbocycles. The molecule has 17 heavy (non-hydrogen) atoms. The quantitative estimate of drug-likeness (QED) is 0.771. The molecule has 1 heterocycles. The monoisotopic (exact) mass is 244 g/mol. The van der Waals surface area contributed by atoms with Gasteiger partial charge in [0.05, 0.1) is 0 Å². The van der Waals surface area contributed by atoms with Gasteiger partial charge in [0.15, 0.2) is 11.5 Å². The van der Waals surface area contributed by atoms with E-state index in [9.17, 15) is 8.78 Å². The average molecular weight is 244 g/mol. The SMILES string of the molecule is FC1(F)Oc2ccc(C3CC3)cc2O1.O=CO. The van der Waals surface area contributed by atoms with E-state index in [1.165, 1.54) is 0 Å². The van der Waals surface area contributed by atoms with Crippen molar-refractivity contribution in [3.8, 4) is 11.5 Å². The Kier molecular flexibility index (Phi) is 2.87. The zero-order valence-electron chi connectivity index (χ0n) is 8.73. The normalized spacial score (nSPS) is 19.2. The van der Waals surface area contributed by atoms with Crippen molar-refractivity contribution in [2.75, 3.05) is 0 Å². The van der Waals surface area contributed by atoms with Crippen LogP contribution in [-0.4, -0.2) is 17.9 Å². The molecule has 4 nitrogen and oxygen atoms in total. The van der Waals surface area contributed by atoms with Crippen LogP contribution in [0.25, 0.3) is 0 Å². The van der Waals surface area contributed by atoms with Gasteiger partial charge in [0.25, 0.3) is 6.47 Å². The van der Waals surface area contributed by atoms with Gasteiger partial charge in [0, 0.05) is 0 Å². The van der Waals surface area contributed by atoms with E-state index >= 15 is 0 Å². The van der Waals surface area contributed by atoms with Crippen LogP contribution in [0.2, 0.25) is 0 Å². The first-order valence-electron chi connectivity index (χ1n) is 5.03. The minimum Gasteiger partial charge on any atom is -0.483 e. The van der Waals surface area contributed by atoms with E-state index < -0.39 is 6.29 Å². The Morgan fingerprint density at radius 1 is 1.29 bits per heavy atom. The van der Waals surface area contributed by atoms with Crippen molar-refractivity contribution < 1.29 is 28.2 Å². The molecular weight excluding hydrogens is 234 g/mol. The highest BCUT2D eigenvalue weighted by molar-refractivity contribution is 5.46. The summed E-state index contributed by atoms with van der Waals surface area (Å²) in [5.74, 6) is 0.803. The van der Waals surface area contributed by atoms with Gasteiger partial charge in [-0.2, -0.15) is 0 Å². The summed E-state index contributed by atoms with van der Waals surface area (Å²) in [5.41, 5.74) is 1.06. The summed E-state index contributed by atoms with van der Waals surface area (Å²) in [7, 11) is 0. The van der Waals surface area contributed by atoms with Crippen molar-refractivity contribution in [1.29, 1.82) is 0 Å². The lowest BCUT2D eigenvalue weighted by Gasteiger charge is -2.04. The number of benzene rings is 1. The van der Waals surface area contributed by atoms with Crippen molar-refractivity contribution >= 4 is 6.47 Å². The van der Waals surface area contributed by atoms with Crippen LogP contribution in [0.15, 0.2) is 18.2 Å². The molecule has 0 spiro atoms. The Balaban J connectivity index is 0.000000329. The maximum Gasteiger partial charge on any atom is 0.586 e.